The molecule has 2 aliphatic rings. The highest BCUT2D eigenvalue weighted by atomic mass is 16.5. The number of nitrogens with zero attached hydrogens (tertiary/aromatic N) is 3. The van der Waals surface area contributed by atoms with Crippen molar-refractivity contribution in [3.63, 3.8) is 0 Å². The van der Waals surface area contributed by atoms with Gasteiger partial charge in [-0.2, -0.15) is 0 Å². The van der Waals surface area contributed by atoms with Crippen LogP contribution in [-0.2, 0) is 14.3 Å². The zero-order chi connectivity index (χ0) is 24.5. The first-order valence-electron chi connectivity index (χ1n) is 11.2. The van der Waals surface area contributed by atoms with E-state index in [0.29, 0.717) is 11.5 Å². The molecule has 0 fully saturated rings. The number of rotatable bonds is 5. The van der Waals surface area contributed by atoms with Crippen LogP contribution in [0.3, 0.4) is 0 Å². The second kappa shape index (κ2) is 9.09. The molecular weight excluding hydrogens is 448 g/mol. The number of carbonyl (C=O) groups is 3. The lowest BCUT2D eigenvalue weighted by molar-refractivity contribution is -0.136. The largest absolute Gasteiger partial charge is 0.480 e. The minimum Gasteiger partial charge on any atom is -0.480 e. The number of amides is 2. The first-order valence-corrected chi connectivity index (χ1v) is 11.2. The van der Waals surface area contributed by atoms with Gasteiger partial charge in [-0.05, 0) is 34.4 Å². The fourth-order valence-electron chi connectivity index (χ4n) is 4.83. The minimum absolute atomic E-state index is 0.108. The maximum atomic E-state index is 13.3. The third-order valence-electron chi connectivity index (χ3n) is 6.37. The van der Waals surface area contributed by atoms with E-state index < -0.39 is 30.6 Å². The zero-order valence-electron chi connectivity index (χ0n) is 19.0. The number of carboxylic acid groups (broad SMARTS) is 1. The Labute approximate surface area is 201 Å². The topological polar surface area (TPSA) is 112 Å². The SMILES string of the molecule is CN1CC(NC(=O)OCC2c3ccccc3-c3ccccc32)C(=O)N(CC(=O)O)c2cccnc21. The Hall–Kier alpha value is -4.40. The summed E-state index contributed by atoms with van der Waals surface area (Å²) >= 11 is 0. The molecule has 9 heteroatoms. The Morgan fingerprint density at radius 1 is 1.06 bits per heavy atom. The van der Waals surface area contributed by atoms with Gasteiger partial charge < -0.3 is 20.1 Å². The molecule has 0 radical (unpaired) electrons. The third-order valence-corrected chi connectivity index (χ3v) is 6.37. The maximum absolute atomic E-state index is 13.3. The fourth-order valence-corrected chi connectivity index (χ4v) is 4.83. The number of hydrogen-bond donors (Lipinski definition) is 2. The first-order chi connectivity index (χ1) is 16.9. The van der Waals surface area contributed by atoms with E-state index in [1.165, 1.54) is 0 Å². The predicted molar refractivity (Wildman–Crippen MR) is 129 cm³/mol. The fraction of sp³-hybridized carbons (Fsp3) is 0.231. The van der Waals surface area contributed by atoms with E-state index >= 15 is 0 Å². The molecule has 1 unspecified atom stereocenters. The Kier molecular flexibility index (Phi) is 5.82. The zero-order valence-corrected chi connectivity index (χ0v) is 19.0. The number of anilines is 2. The number of ether oxygens (including phenoxy) is 1. The Bertz CT molecular complexity index is 1260. The standard InChI is InChI=1S/C26H24N4O5/c1-29-13-21(25(33)30(14-23(31)32)22-11-6-12-27-24(22)29)28-26(34)35-15-20-18-9-4-2-7-16(18)17-8-3-5-10-19(17)20/h2-12,20-21H,13-15H2,1H3,(H,28,34)(H,31,32). The molecule has 35 heavy (non-hydrogen) atoms. The molecule has 9 nitrogen and oxygen atoms in total. The molecular formula is C26H24N4O5. The van der Waals surface area contributed by atoms with E-state index in [1.54, 1.807) is 30.3 Å². The van der Waals surface area contributed by atoms with Crippen LogP contribution >= 0.6 is 0 Å². The molecule has 1 aromatic heterocycles. The number of pyridine rings is 1. The number of carbonyl (C=O) groups excluding carboxylic acids is 2. The predicted octanol–water partition coefficient (Wildman–Crippen LogP) is 2.86. The van der Waals surface area contributed by atoms with Crippen LogP contribution in [-0.4, -0.2) is 60.8 Å². The monoisotopic (exact) mass is 472 g/mol. The number of likely N-dealkylation sites (N-methyl/N-ethyl adjacent to an activating group) is 1. The summed E-state index contributed by atoms with van der Waals surface area (Å²) in [5.41, 5.74) is 4.78. The molecule has 1 aliphatic heterocycles. The molecule has 1 aliphatic carbocycles. The smallest absolute Gasteiger partial charge is 0.407 e. The lowest BCUT2D eigenvalue weighted by Gasteiger charge is -2.23. The summed E-state index contributed by atoms with van der Waals surface area (Å²) in [6.45, 7) is -0.325. The molecule has 178 valence electrons. The average molecular weight is 473 g/mol. The lowest BCUT2D eigenvalue weighted by Crippen LogP contribution is -2.52. The summed E-state index contributed by atoms with van der Waals surface area (Å²) in [5.74, 6) is -1.37. The number of aromatic nitrogens is 1. The molecule has 2 N–H and O–H groups in total. The number of fused-ring (bicyclic) bond motifs is 4. The lowest BCUT2D eigenvalue weighted by atomic mass is 9.98. The first kappa shape index (κ1) is 22.4. The number of benzene rings is 2. The van der Waals surface area contributed by atoms with E-state index in [0.717, 1.165) is 27.2 Å². The van der Waals surface area contributed by atoms with Gasteiger partial charge in [0.15, 0.2) is 5.82 Å². The molecule has 0 spiro atoms. The molecule has 0 bridgehead atoms. The minimum atomic E-state index is -1.17. The quantitative estimate of drug-likeness (QED) is 0.587. The highest BCUT2D eigenvalue weighted by Crippen LogP contribution is 2.44. The van der Waals surface area contributed by atoms with Gasteiger partial charge in [-0.3, -0.25) is 14.5 Å². The summed E-state index contributed by atoms with van der Waals surface area (Å²) < 4.78 is 5.59. The van der Waals surface area contributed by atoms with Gasteiger partial charge in [-0.15, -0.1) is 0 Å². The molecule has 3 aromatic rings. The van der Waals surface area contributed by atoms with Gasteiger partial charge in [0.2, 0.25) is 0 Å². The molecule has 2 heterocycles. The van der Waals surface area contributed by atoms with Crippen LogP contribution in [0.15, 0.2) is 66.9 Å². The molecule has 0 saturated heterocycles. The van der Waals surface area contributed by atoms with Gasteiger partial charge in [0.25, 0.3) is 5.91 Å². The van der Waals surface area contributed by atoms with Crippen molar-refractivity contribution in [2.75, 3.05) is 36.5 Å². The van der Waals surface area contributed by atoms with Crippen molar-refractivity contribution in [1.82, 2.24) is 10.3 Å². The number of aliphatic carboxylic acids is 1. The van der Waals surface area contributed by atoms with E-state index in [-0.39, 0.29) is 19.1 Å². The molecule has 0 saturated carbocycles. The van der Waals surface area contributed by atoms with Gasteiger partial charge in [-0.25, -0.2) is 9.78 Å². The van der Waals surface area contributed by atoms with Crippen LogP contribution < -0.4 is 15.1 Å². The molecule has 2 aromatic carbocycles. The number of alkyl carbamates (subject to hydrolysis) is 1. The molecule has 5 rings (SSSR count). The van der Waals surface area contributed by atoms with Crippen molar-refractivity contribution in [1.29, 1.82) is 0 Å². The Morgan fingerprint density at radius 3 is 2.37 bits per heavy atom. The highest BCUT2D eigenvalue weighted by Gasteiger charge is 2.36. The normalized spacial score (nSPS) is 16.7. The Balaban J connectivity index is 1.32. The third kappa shape index (κ3) is 4.16. The van der Waals surface area contributed by atoms with E-state index in [1.807, 2.05) is 36.4 Å². The molecule has 2 amide bonds. The van der Waals surface area contributed by atoms with Crippen LogP contribution in [0.2, 0.25) is 0 Å². The van der Waals surface area contributed by atoms with Gasteiger partial charge in [-0.1, -0.05) is 48.5 Å². The van der Waals surface area contributed by atoms with E-state index in [4.69, 9.17) is 4.74 Å². The van der Waals surface area contributed by atoms with E-state index in [9.17, 15) is 19.5 Å². The van der Waals surface area contributed by atoms with Crippen molar-refractivity contribution in [3.05, 3.63) is 78.0 Å². The van der Waals surface area contributed by atoms with Crippen molar-refractivity contribution in [2.45, 2.75) is 12.0 Å². The van der Waals surface area contributed by atoms with Crippen molar-refractivity contribution >= 4 is 29.5 Å². The summed E-state index contributed by atoms with van der Waals surface area (Å²) in [4.78, 5) is 44.6. The van der Waals surface area contributed by atoms with Crippen LogP contribution in [0.1, 0.15) is 17.0 Å². The maximum Gasteiger partial charge on any atom is 0.407 e. The Morgan fingerprint density at radius 2 is 1.71 bits per heavy atom. The highest BCUT2D eigenvalue weighted by molar-refractivity contribution is 6.05. The average Bonchev–Trinajstić information content (AvgIpc) is 3.14. The van der Waals surface area contributed by atoms with Crippen LogP contribution in [0.4, 0.5) is 16.3 Å². The van der Waals surface area contributed by atoms with Crippen molar-refractivity contribution in [2.24, 2.45) is 0 Å². The number of nitrogens with one attached hydrogen (secondary N) is 1. The summed E-state index contributed by atoms with van der Waals surface area (Å²) in [6.07, 6.45) is 0.825. The van der Waals surface area contributed by atoms with Crippen LogP contribution in [0.5, 0.6) is 0 Å². The second-order valence-corrected chi connectivity index (χ2v) is 8.57. The van der Waals surface area contributed by atoms with Gasteiger partial charge in [0, 0.05) is 25.7 Å². The van der Waals surface area contributed by atoms with Gasteiger partial charge in [0.05, 0.1) is 5.69 Å². The van der Waals surface area contributed by atoms with Crippen molar-refractivity contribution in [3.8, 4) is 11.1 Å². The summed E-state index contributed by atoms with van der Waals surface area (Å²) in [5, 5.41) is 12.0. The number of hydrogen-bond acceptors (Lipinski definition) is 6. The van der Waals surface area contributed by atoms with Crippen LogP contribution in [0, 0.1) is 0 Å². The van der Waals surface area contributed by atoms with E-state index in [2.05, 4.69) is 22.4 Å². The van der Waals surface area contributed by atoms with Gasteiger partial charge >= 0.3 is 12.1 Å². The van der Waals surface area contributed by atoms with Crippen LogP contribution in [0.25, 0.3) is 11.1 Å². The summed E-state index contributed by atoms with van der Waals surface area (Å²) in [6, 6.07) is 18.3. The van der Waals surface area contributed by atoms with Crippen molar-refractivity contribution < 1.29 is 24.2 Å². The second-order valence-electron chi connectivity index (χ2n) is 8.57. The summed E-state index contributed by atoms with van der Waals surface area (Å²) in [7, 11) is 1.73. The molecule has 1 atom stereocenters. The number of carboxylic acids is 1. The van der Waals surface area contributed by atoms with Gasteiger partial charge in [0.1, 0.15) is 19.2 Å².